The minimum Gasteiger partial charge on any atom is -0.507 e. The van der Waals surface area contributed by atoms with Crippen LogP contribution in [0.3, 0.4) is 0 Å². The fraction of sp³-hybridized carbons (Fsp3) is 0.250. The van der Waals surface area contributed by atoms with E-state index in [1.165, 1.54) is 12.7 Å². The molecule has 1 aliphatic rings. The van der Waals surface area contributed by atoms with Gasteiger partial charge in [0.15, 0.2) is 0 Å². The van der Waals surface area contributed by atoms with E-state index in [-0.39, 0.29) is 11.7 Å². The summed E-state index contributed by atoms with van der Waals surface area (Å²) in [6.45, 7) is 0.413. The standard InChI is InChI=1S/C20H22O4/c1-23-20(22)14-12-16-6-4-9-18(13-11-16)24-15-5-8-17-7-2-3-10-19(17)21/h2-5,7-11,13,21H,6,12,14-15H2,1H3/b8-5+. The molecule has 0 saturated heterocycles. The summed E-state index contributed by atoms with van der Waals surface area (Å²) in [5.41, 5.74) is 1.93. The number of para-hydroxylation sites is 1. The van der Waals surface area contributed by atoms with Crippen molar-refractivity contribution in [2.75, 3.05) is 13.7 Å². The highest BCUT2D eigenvalue weighted by Gasteiger charge is 2.04. The van der Waals surface area contributed by atoms with Gasteiger partial charge in [-0.25, -0.2) is 0 Å². The third-order valence-electron chi connectivity index (χ3n) is 3.60. The highest BCUT2D eigenvalue weighted by molar-refractivity contribution is 5.69. The van der Waals surface area contributed by atoms with Crippen molar-refractivity contribution in [2.45, 2.75) is 19.3 Å². The molecule has 0 radical (unpaired) electrons. The minimum absolute atomic E-state index is 0.195. The molecule has 0 aliphatic heterocycles. The summed E-state index contributed by atoms with van der Waals surface area (Å²) in [5, 5.41) is 9.68. The number of esters is 1. The molecule has 0 spiro atoms. The van der Waals surface area contributed by atoms with E-state index in [4.69, 9.17) is 4.74 Å². The van der Waals surface area contributed by atoms with Gasteiger partial charge in [0, 0.05) is 12.0 Å². The molecule has 1 N–H and O–H groups in total. The molecule has 2 rings (SSSR count). The monoisotopic (exact) mass is 326 g/mol. The molecule has 4 nitrogen and oxygen atoms in total. The maximum Gasteiger partial charge on any atom is 0.305 e. The molecule has 0 fully saturated rings. The van der Waals surface area contributed by atoms with Gasteiger partial charge in [0.05, 0.1) is 7.11 Å². The van der Waals surface area contributed by atoms with Crippen LogP contribution in [-0.2, 0) is 14.3 Å². The predicted octanol–water partition coefficient (Wildman–Crippen LogP) is 4.15. The second kappa shape index (κ2) is 9.40. The quantitative estimate of drug-likeness (QED) is 0.765. The summed E-state index contributed by atoms with van der Waals surface area (Å²) in [6, 6.07) is 7.15. The number of carbonyl (C=O) groups excluding carboxylic acids is 1. The molecule has 0 amide bonds. The second-order valence-corrected chi connectivity index (χ2v) is 5.35. The number of carbonyl (C=O) groups is 1. The summed E-state index contributed by atoms with van der Waals surface area (Å²) in [6.07, 6.45) is 13.4. The van der Waals surface area contributed by atoms with Crippen molar-refractivity contribution in [1.82, 2.24) is 0 Å². The fourth-order valence-corrected chi connectivity index (χ4v) is 2.24. The smallest absolute Gasteiger partial charge is 0.305 e. The summed E-state index contributed by atoms with van der Waals surface area (Å²) < 4.78 is 10.3. The Morgan fingerprint density at radius 1 is 1.29 bits per heavy atom. The Labute approximate surface area is 142 Å². The number of benzene rings is 1. The highest BCUT2D eigenvalue weighted by Crippen LogP contribution is 2.18. The van der Waals surface area contributed by atoms with Crippen LogP contribution in [0, 0.1) is 0 Å². The molecular formula is C20H22O4. The van der Waals surface area contributed by atoms with Crippen LogP contribution in [0.25, 0.3) is 6.08 Å². The lowest BCUT2D eigenvalue weighted by Crippen LogP contribution is -2.00. The van der Waals surface area contributed by atoms with Crippen LogP contribution in [-0.4, -0.2) is 24.8 Å². The van der Waals surface area contributed by atoms with Gasteiger partial charge in [0.2, 0.25) is 0 Å². The Morgan fingerprint density at radius 3 is 2.92 bits per heavy atom. The molecule has 0 unspecified atom stereocenters. The fourth-order valence-electron chi connectivity index (χ4n) is 2.24. The zero-order chi connectivity index (χ0) is 17.2. The van der Waals surface area contributed by atoms with E-state index in [0.717, 1.165) is 17.7 Å². The molecule has 24 heavy (non-hydrogen) atoms. The first-order valence-corrected chi connectivity index (χ1v) is 7.89. The van der Waals surface area contributed by atoms with Gasteiger partial charge >= 0.3 is 5.97 Å². The molecule has 1 aliphatic carbocycles. The van der Waals surface area contributed by atoms with Crippen LogP contribution in [0.2, 0.25) is 0 Å². The molecule has 0 heterocycles. The normalized spacial score (nSPS) is 14.0. The zero-order valence-electron chi connectivity index (χ0n) is 13.8. The number of aromatic hydroxyl groups is 1. The van der Waals surface area contributed by atoms with Crippen molar-refractivity contribution in [2.24, 2.45) is 0 Å². The molecule has 0 atom stereocenters. The molecule has 126 valence electrons. The van der Waals surface area contributed by atoms with Gasteiger partial charge in [0.25, 0.3) is 0 Å². The number of hydrogen-bond acceptors (Lipinski definition) is 4. The lowest BCUT2D eigenvalue weighted by atomic mass is 10.1. The van der Waals surface area contributed by atoms with Gasteiger partial charge in [-0.1, -0.05) is 42.0 Å². The lowest BCUT2D eigenvalue weighted by molar-refractivity contribution is -0.140. The van der Waals surface area contributed by atoms with Gasteiger partial charge < -0.3 is 14.6 Å². The molecule has 1 aromatic carbocycles. The van der Waals surface area contributed by atoms with Gasteiger partial charge in [0.1, 0.15) is 18.1 Å². The van der Waals surface area contributed by atoms with Gasteiger partial charge in [-0.3, -0.25) is 4.79 Å². The van der Waals surface area contributed by atoms with E-state index in [9.17, 15) is 9.90 Å². The topological polar surface area (TPSA) is 55.8 Å². The van der Waals surface area contributed by atoms with Crippen LogP contribution in [0.5, 0.6) is 5.75 Å². The van der Waals surface area contributed by atoms with E-state index in [1.54, 1.807) is 12.1 Å². The van der Waals surface area contributed by atoms with Crippen molar-refractivity contribution >= 4 is 12.0 Å². The number of ether oxygens (including phenoxy) is 2. The van der Waals surface area contributed by atoms with Gasteiger partial charge in [-0.15, -0.1) is 0 Å². The molecule has 0 aromatic heterocycles. The minimum atomic E-state index is -0.195. The van der Waals surface area contributed by atoms with Crippen LogP contribution < -0.4 is 0 Å². The van der Waals surface area contributed by atoms with E-state index < -0.39 is 0 Å². The van der Waals surface area contributed by atoms with Gasteiger partial charge in [-0.2, -0.15) is 0 Å². The van der Waals surface area contributed by atoms with Crippen molar-refractivity contribution < 1.29 is 19.4 Å². The van der Waals surface area contributed by atoms with Crippen LogP contribution >= 0.6 is 0 Å². The summed E-state index contributed by atoms with van der Waals surface area (Å²) in [5.74, 6) is 0.824. The van der Waals surface area contributed by atoms with E-state index in [1.807, 2.05) is 48.6 Å². The molecule has 0 bridgehead atoms. The maximum absolute atomic E-state index is 11.2. The van der Waals surface area contributed by atoms with Crippen LogP contribution in [0.4, 0.5) is 0 Å². The maximum atomic E-state index is 11.2. The first-order chi connectivity index (χ1) is 11.7. The molecule has 1 aromatic rings. The largest absolute Gasteiger partial charge is 0.507 e. The Balaban J connectivity index is 1.84. The van der Waals surface area contributed by atoms with Crippen molar-refractivity contribution in [3.05, 3.63) is 71.5 Å². The highest BCUT2D eigenvalue weighted by atomic mass is 16.5. The number of phenols is 1. The van der Waals surface area contributed by atoms with Crippen LogP contribution in [0.1, 0.15) is 24.8 Å². The van der Waals surface area contributed by atoms with E-state index in [0.29, 0.717) is 19.4 Å². The van der Waals surface area contributed by atoms with Crippen LogP contribution in [0.15, 0.2) is 66.0 Å². The molecular weight excluding hydrogens is 304 g/mol. The number of allylic oxidation sites excluding steroid dienone is 5. The SMILES string of the molecule is COC(=O)CCC1=CC=C(OC/C=C/c2ccccc2O)C=CC1. The summed E-state index contributed by atoms with van der Waals surface area (Å²) in [7, 11) is 1.40. The van der Waals surface area contributed by atoms with Crippen molar-refractivity contribution in [3.8, 4) is 5.75 Å². The molecule has 4 heteroatoms. The average Bonchev–Trinajstić information content (AvgIpc) is 2.83. The van der Waals surface area contributed by atoms with Gasteiger partial charge in [-0.05, 0) is 37.1 Å². The first kappa shape index (κ1) is 17.6. The first-order valence-electron chi connectivity index (χ1n) is 7.89. The molecule has 0 saturated carbocycles. The number of methoxy groups -OCH3 is 1. The van der Waals surface area contributed by atoms with E-state index in [2.05, 4.69) is 4.74 Å². The Morgan fingerprint density at radius 2 is 2.12 bits per heavy atom. The van der Waals surface area contributed by atoms with Crippen molar-refractivity contribution in [3.63, 3.8) is 0 Å². The number of phenolic OH excluding ortho intramolecular Hbond substituents is 1. The number of rotatable bonds is 7. The lowest BCUT2D eigenvalue weighted by Gasteiger charge is -2.02. The third kappa shape index (κ3) is 5.80. The number of hydrogen-bond donors (Lipinski definition) is 1. The third-order valence-corrected chi connectivity index (χ3v) is 3.60. The predicted molar refractivity (Wildman–Crippen MR) is 94.3 cm³/mol. The summed E-state index contributed by atoms with van der Waals surface area (Å²) >= 11 is 0. The van der Waals surface area contributed by atoms with E-state index >= 15 is 0 Å². The Bertz CT molecular complexity index is 681. The summed E-state index contributed by atoms with van der Waals surface area (Å²) in [4.78, 5) is 11.2. The zero-order valence-corrected chi connectivity index (χ0v) is 13.8. The van der Waals surface area contributed by atoms with Crippen molar-refractivity contribution in [1.29, 1.82) is 0 Å². The second-order valence-electron chi connectivity index (χ2n) is 5.35. The average molecular weight is 326 g/mol. The Kier molecular flexibility index (Phi) is 6.90. The Hall–Kier alpha value is -2.75.